The lowest BCUT2D eigenvalue weighted by atomic mass is 10.1. The number of amides is 1. The summed E-state index contributed by atoms with van der Waals surface area (Å²) >= 11 is 5.68. The summed E-state index contributed by atoms with van der Waals surface area (Å²) in [4.78, 5) is 15.1. The van der Waals surface area contributed by atoms with E-state index in [0.717, 1.165) is 16.5 Å². The van der Waals surface area contributed by atoms with Crippen LogP contribution in [0.5, 0.6) is 0 Å². The zero-order valence-corrected chi connectivity index (χ0v) is 11.7. The average molecular weight is 303 g/mol. The van der Waals surface area contributed by atoms with Crippen molar-refractivity contribution in [1.29, 1.82) is 0 Å². The Balaban J connectivity index is 1.77. The molecule has 0 unspecified atom stereocenters. The van der Waals surface area contributed by atoms with Crippen molar-refractivity contribution in [2.24, 2.45) is 0 Å². The lowest BCUT2D eigenvalue weighted by molar-refractivity contribution is -0.115. The van der Waals surface area contributed by atoms with Crippen LogP contribution in [-0.4, -0.2) is 10.9 Å². The summed E-state index contributed by atoms with van der Waals surface area (Å²) in [5, 5.41) is 3.84. The van der Waals surface area contributed by atoms with Crippen LogP contribution in [0.2, 0.25) is 5.02 Å². The number of benzene rings is 2. The molecule has 0 aliphatic heterocycles. The molecule has 106 valence electrons. The quantitative estimate of drug-likeness (QED) is 0.750. The van der Waals surface area contributed by atoms with Gasteiger partial charge in [-0.25, -0.2) is 4.39 Å². The number of anilines is 1. The topological polar surface area (TPSA) is 44.9 Å². The summed E-state index contributed by atoms with van der Waals surface area (Å²) in [6, 6.07) is 11.9. The molecule has 0 saturated carbocycles. The highest BCUT2D eigenvalue weighted by atomic mass is 35.5. The Morgan fingerprint density at radius 2 is 2.05 bits per heavy atom. The third-order valence-electron chi connectivity index (χ3n) is 3.23. The Bertz CT molecular complexity index is 813. The van der Waals surface area contributed by atoms with Crippen LogP contribution in [0.15, 0.2) is 48.7 Å². The summed E-state index contributed by atoms with van der Waals surface area (Å²) in [5.74, 6) is -0.823. The van der Waals surface area contributed by atoms with Crippen molar-refractivity contribution in [3.05, 3.63) is 65.1 Å². The van der Waals surface area contributed by atoms with Crippen LogP contribution < -0.4 is 5.32 Å². The van der Waals surface area contributed by atoms with Gasteiger partial charge in [-0.1, -0.05) is 29.8 Å². The number of aromatic nitrogens is 1. The Kier molecular flexibility index (Phi) is 3.62. The van der Waals surface area contributed by atoms with Crippen molar-refractivity contribution in [3.63, 3.8) is 0 Å². The van der Waals surface area contributed by atoms with Crippen LogP contribution in [-0.2, 0) is 11.2 Å². The minimum atomic E-state index is -0.547. The van der Waals surface area contributed by atoms with Crippen molar-refractivity contribution < 1.29 is 9.18 Å². The van der Waals surface area contributed by atoms with E-state index in [4.69, 9.17) is 11.6 Å². The first-order chi connectivity index (χ1) is 10.1. The van der Waals surface area contributed by atoms with Gasteiger partial charge in [0, 0.05) is 22.1 Å². The Labute approximate surface area is 125 Å². The van der Waals surface area contributed by atoms with Gasteiger partial charge in [0.2, 0.25) is 5.91 Å². The Hall–Kier alpha value is -2.33. The van der Waals surface area contributed by atoms with Crippen molar-refractivity contribution in [2.75, 3.05) is 5.32 Å². The molecule has 1 heterocycles. The number of rotatable bonds is 3. The highest BCUT2D eigenvalue weighted by Gasteiger charge is 2.11. The highest BCUT2D eigenvalue weighted by Crippen LogP contribution is 2.21. The minimum Gasteiger partial charge on any atom is -0.361 e. The van der Waals surface area contributed by atoms with Crippen LogP contribution in [0.4, 0.5) is 10.1 Å². The number of fused-ring (bicyclic) bond motifs is 1. The smallest absolute Gasteiger partial charge is 0.228 e. The molecule has 0 aliphatic carbocycles. The van der Waals surface area contributed by atoms with Crippen molar-refractivity contribution in [1.82, 2.24) is 4.98 Å². The van der Waals surface area contributed by atoms with E-state index in [9.17, 15) is 9.18 Å². The van der Waals surface area contributed by atoms with E-state index >= 15 is 0 Å². The predicted molar refractivity (Wildman–Crippen MR) is 82.0 cm³/mol. The molecule has 1 amide bonds. The van der Waals surface area contributed by atoms with Gasteiger partial charge < -0.3 is 10.3 Å². The number of aromatic amines is 1. The maximum Gasteiger partial charge on any atom is 0.228 e. The van der Waals surface area contributed by atoms with Gasteiger partial charge in [-0.15, -0.1) is 0 Å². The first-order valence-corrected chi connectivity index (χ1v) is 6.81. The van der Waals surface area contributed by atoms with Crippen LogP contribution in [0.3, 0.4) is 0 Å². The molecular weight excluding hydrogens is 291 g/mol. The fourth-order valence-electron chi connectivity index (χ4n) is 2.24. The largest absolute Gasteiger partial charge is 0.361 e. The van der Waals surface area contributed by atoms with Crippen molar-refractivity contribution in [2.45, 2.75) is 6.42 Å². The molecule has 1 aromatic heterocycles. The van der Waals surface area contributed by atoms with Gasteiger partial charge in [-0.2, -0.15) is 0 Å². The number of H-pyrrole nitrogens is 1. The normalized spacial score (nSPS) is 10.8. The summed E-state index contributed by atoms with van der Waals surface area (Å²) in [5.41, 5.74) is 1.97. The number of nitrogens with one attached hydrogen (secondary N) is 2. The van der Waals surface area contributed by atoms with Gasteiger partial charge >= 0.3 is 0 Å². The first kappa shape index (κ1) is 13.6. The Morgan fingerprint density at radius 1 is 1.24 bits per heavy atom. The number of halogens is 2. The molecule has 21 heavy (non-hydrogen) atoms. The van der Waals surface area contributed by atoms with E-state index in [0.29, 0.717) is 5.02 Å². The van der Waals surface area contributed by atoms with Crippen LogP contribution >= 0.6 is 11.6 Å². The van der Waals surface area contributed by atoms with E-state index < -0.39 is 5.82 Å². The SMILES string of the molecule is O=C(Cc1c[nH]c2ccccc12)Nc1ccc(Cl)cc1F. The standard InChI is InChI=1S/C16H12ClFN2O/c17-11-5-6-15(13(18)8-11)20-16(21)7-10-9-19-14-4-2-1-3-12(10)14/h1-6,8-9,19H,7H2,(H,20,21). The fourth-order valence-corrected chi connectivity index (χ4v) is 2.39. The molecule has 3 aromatic rings. The number of carbonyl (C=O) groups excluding carboxylic acids is 1. The zero-order chi connectivity index (χ0) is 14.8. The second kappa shape index (κ2) is 5.58. The molecule has 0 bridgehead atoms. The van der Waals surface area contributed by atoms with Crippen molar-refractivity contribution >= 4 is 34.1 Å². The van der Waals surface area contributed by atoms with Gasteiger partial charge in [0.05, 0.1) is 12.1 Å². The van der Waals surface area contributed by atoms with E-state index in [1.165, 1.54) is 18.2 Å². The number of hydrogen-bond donors (Lipinski definition) is 2. The number of hydrogen-bond acceptors (Lipinski definition) is 1. The molecular formula is C16H12ClFN2O. The molecule has 5 heteroatoms. The molecule has 3 rings (SSSR count). The van der Waals surface area contributed by atoms with Crippen molar-refractivity contribution in [3.8, 4) is 0 Å². The highest BCUT2D eigenvalue weighted by molar-refractivity contribution is 6.30. The maximum atomic E-state index is 13.6. The molecule has 0 spiro atoms. The third kappa shape index (κ3) is 2.90. The fraction of sp³-hybridized carbons (Fsp3) is 0.0625. The lowest BCUT2D eigenvalue weighted by Gasteiger charge is -2.06. The van der Waals surface area contributed by atoms with E-state index in [1.807, 2.05) is 24.3 Å². The van der Waals surface area contributed by atoms with Gasteiger partial charge in [-0.05, 0) is 29.8 Å². The zero-order valence-electron chi connectivity index (χ0n) is 11.0. The van der Waals surface area contributed by atoms with Gasteiger partial charge in [-0.3, -0.25) is 4.79 Å². The molecule has 3 nitrogen and oxygen atoms in total. The number of carbonyl (C=O) groups is 1. The Morgan fingerprint density at radius 3 is 2.86 bits per heavy atom. The second-order valence-electron chi connectivity index (χ2n) is 4.71. The summed E-state index contributed by atoms with van der Waals surface area (Å²) in [6.07, 6.45) is 1.97. The summed E-state index contributed by atoms with van der Waals surface area (Å²) < 4.78 is 13.6. The second-order valence-corrected chi connectivity index (χ2v) is 5.15. The molecule has 0 saturated heterocycles. The maximum absolute atomic E-state index is 13.6. The average Bonchev–Trinajstić information content (AvgIpc) is 2.85. The monoisotopic (exact) mass is 302 g/mol. The van der Waals surface area contributed by atoms with E-state index in [-0.39, 0.29) is 18.0 Å². The van der Waals surface area contributed by atoms with E-state index in [1.54, 1.807) is 6.20 Å². The molecule has 0 aliphatic rings. The molecule has 0 atom stereocenters. The minimum absolute atomic E-state index is 0.129. The molecule has 0 fully saturated rings. The number of para-hydroxylation sites is 1. The van der Waals surface area contributed by atoms with Gasteiger partial charge in [0.25, 0.3) is 0 Å². The van der Waals surface area contributed by atoms with Gasteiger partial charge in [0.15, 0.2) is 0 Å². The lowest BCUT2D eigenvalue weighted by Crippen LogP contribution is -2.15. The van der Waals surface area contributed by atoms with Crippen LogP contribution in [0.25, 0.3) is 10.9 Å². The molecule has 2 N–H and O–H groups in total. The summed E-state index contributed by atoms with van der Waals surface area (Å²) in [7, 11) is 0. The van der Waals surface area contributed by atoms with Gasteiger partial charge in [0.1, 0.15) is 5.82 Å². The third-order valence-corrected chi connectivity index (χ3v) is 3.47. The first-order valence-electron chi connectivity index (χ1n) is 6.43. The molecule has 2 aromatic carbocycles. The van der Waals surface area contributed by atoms with E-state index in [2.05, 4.69) is 10.3 Å². The van der Waals surface area contributed by atoms with Crippen LogP contribution in [0, 0.1) is 5.82 Å². The molecule has 0 radical (unpaired) electrons. The van der Waals surface area contributed by atoms with Crippen LogP contribution in [0.1, 0.15) is 5.56 Å². The predicted octanol–water partition coefficient (Wildman–Crippen LogP) is 4.14. The summed E-state index contributed by atoms with van der Waals surface area (Å²) in [6.45, 7) is 0.